The van der Waals surface area contributed by atoms with Gasteiger partial charge in [-0.3, -0.25) is 19.1 Å². The summed E-state index contributed by atoms with van der Waals surface area (Å²) in [5.41, 5.74) is 1.22. The van der Waals surface area contributed by atoms with Gasteiger partial charge in [0.1, 0.15) is 0 Å². The van der Waals surface area contributed by atoms with Crippen LogP contribution in [0, 0.1) is 6.92 Å². The van der Waals surface area contributed by atoms with Gasteiger partial charge in [0.25, 0.3) is 11.5 Å². The fourth-order valence-corrected chi connectivity index (χ4v) is 4.07. The third-order valence-corrected chi connectivity index (χ3v) is 5.81. The van der Waals surface area contributed by atoms with Gasteiger partial charge in [-0.1, -0.05) is 13.8 Å². The van der Waals surface area contributed by atoms with Gasteiger partial charge in [-0.2, -0.15) is 0 Å². The molecule has 0 fully saturated rings. The van der Waals surface area contributed by atoms with Crippen molar-refractivity contribution in [2.75, 3.05) is 7.05 Å². The van der Waals surface area contributed by atoms with E-state index in [1.165, 1.54) is 4.57 Å². The fourth-order valence-electron chi connectivity index (χ4n) is 3.11. The van der Waals surface area contributed by atoms with Crippen molar-refractivity contribution in [2.24, 2.45) is 0 Å². The van der Waals surface area contributed by atoms with Crippen LogP contribution in [0.25, 0.3) is 11.0 Å². The summed E-state index contributed by atoms with van der Waals surface area (Å²) < 4.78 is 1.39. The highest BCUT2D eigenvalue weighted by atomic mass is 32.1. The van der Waals surface area contributed by atoms with Crippen molar-refractivity contribution in [2.45, 2.75) is 46.7 Å². The molecule has 3 rings (SSSR count). The zero-order chi connectivity index (χ0) is 20.6. The van der Waals surface area contributed by atoms with Crippen LogP contribution in [0.2, 0.25) is 0 Å². The topological polar surface area (TPSA) is 88.1 Å². The molecule has 0 aromatic carbocycles. The summed E-state index contributed by atoms with van der Waals surface area (Å²) >= 11 is 1.59. The Morgan fingerprint density at radius 2 is 2.07 bits per heavy atom. The smallest absolute Gasteiger partial charge is 0.329 e. The molecule has 0 aliphatic carbocycles. The predicted molar refractivity (Wildman–Crippen MR) is 111 cm³/mol. The molecule has 0 saturated carbocycles. The zero-order valence-electron chi connectivity index (χ0n) is 16.7. The van der Waals surface area contributed by atoms with Gasteiger partial charge in [0.05, 0.1) is 17.5 Å². The molecule has 0 aliphatic heterocycles. The minimum Gasteiger partial charge on any atom is -0.337 e. The zero-order valence-corrected chi connectivity index (χ0v) is 17.5. The molecule has 28 heavy (non-hydrogen) atoms. The van der Waals surface area contributed by atoms with Crippen LogP contribution in [-0.2, 0) is 13.1 Å². The van der Waals surface area contributed by atoms with Crippen molar-refractivity contribution in [1.82, 2.24) is 19.4 Å². The molecular weight excluding hydrogens is 376 g/mol. The molecule has 1 N–H and O–H groups in total. The van der Waals surface area contributed by atoms with Crippen LogP contribution in [0.5, 0.6) is 0 Å². The first-order valence-corrected chi connectivity index (χ1v) is 10.1. The van der Waals surface area contributed by atoms with Gasteiger partial charge in [0.2, 0.25) is 0 Å². The van der Waals surface area contributed by atoms with E-state index in [-0.39, 0.29) is 28.4 Å². The predicted octanol–water partition coefficient (Wildman–Crippen LogP) is 2.87. The number of aryl methyl sites for hydroxylation is 2. The minimum absolute atomic E-state index is 0.0421. The highest BCUT2D eigenvalue weighted by molar-refractivity contribution is 7.10. The maximum absolute atomic E-state index is 13.3. The lowest BCUT2D eigenvalue weighted by atomic mass is 10.0. The Balaban J connectivity index is 2.21. The monoisotopic (exact) mass is 400 g/mol. The third kappa shape index (κ3) is 3.52. The molecule has 8 heteroatoms. The highest BCUT2D eigenvalue weighted by Crippen LogP contribution is 2.23. The van der Waals surface area contributed by atoms with E-state index in [4.69, 9.17) is 0 Å². The molecule has 1 amide bonds. The summed E-state index contributed by atoms with van der Waals surface area (Å²) in [6, 6.07) is 3.69. The van der Waals surface area contributed by atoms with E-state index < -0.39 is 11.2 Å². The van der Waals surface area contributed by atoms with E-state index in [0.29, 0.717) is 18.8 Å². The standard InChI is InChI=1S/C20H24N4O3S/c1-6-24-17-16(18(25)22-20(24)27)13(9-14(21-17)11(2)3)19(26)23(5)10-15-12(4)7-8-28-15/h7-9,11H,6,10H2,1-5H3,(H,22,25,27). The number of aromatic amines is 1. The van der Waals surface area contributed by atoms with Gasteiger partial charge in [-0.25, -0.2) is 9.78 Å². The lowest BCUT2D eigenvalue weighted by Gasteiger charge is -2.19. The average Bonchev–Trinajstić information content (AvgIpc) is 3.04. The first kappa shape index (κ1) is 20.0. The number of fused-ring (bicyclic) bond motifs is 1. The molecule has 0 bridgehead atoms. The Hall–Kier alpha value is -2.74. The van der Waals surface area contributed by atoms with Crippen molar-refractivity contribution in [3.8, 4) is 0 Å². The van der Waals surface area contributed by atoms with Crippen LogP contribution in [0.15, 0.2) is 27.1 Å². The number of hydrogen-bond acceptors (Lipinski definition) is 5. The van der Waals surface area contributed by atoms with Gasteiger partial charge >= 0.3 is 5.69 Å². The normalized spacial score (nSPS) is 11.4. The number of thiophene rings is 1. The first-order chi connectivity index (χ1) is 13.2. The fraction of sp³-hybridized carbons (Fsp3) is 0.400. The van der Waals surface area contributed by atoms with E-state index in [1.807, 2.05) is 32.2 Å². The Morgan fingerprint density at radius 1 is 1.36 bits per heavy atom. The number of carbonyl (C=O) groups excluding carboxylic acids is 1. The SMILES string of the molecule is CCn1c(=O)[nH]c(=O)c2c(C(=O)N(C)Cc3sccc3C)cc(C(C)C)nc21. The third-order valence-electron chi connectivity index (χ3n) is 4.80. The van der Waals surface area contributed by atoms with Gasteiger partial charge < -0.3 is 4.90 Å². The van der Waals surface area contributed by atoms with Crippen LogP contribution in [0.3, 0.4) is 0 Å². The number of aromatic nitrogens is 3. The summed E-state index contributed by atoms with van der Waals surface area (Å²) in [7, 11) is 1.72. The van der Waals surface area contributed by atoms with E-state index in [9.17, 15) is 14.4 Å². The van der Waals surface area contributed by atoms with Gasteiger partial charge in [-0.15, -0.1) is 11.3 Å². The number of H-pyrrole nitrogens is 1. The largest absolute Gasteiger partial charge is 0.337 e. The number of rotatable bonds is 5. The summed E-state index contributed by atoms with van der Waals surface area (Å²) in [6.45, 7) is 8.53. The molecular formula is C20H24N4O3S. The van der Waals surface area contributed by atoms with Crippen molar-refractivity contribution in [3.63, 3.8) is 0 Å². The van der Waals surface area contributed by atoms with Crippen molar-refractivity contribution in [3.05, 3.63) is 60.0 Å². The molecule has 0 radical (unpaired) electrons. The molecule has 148 valence electrons. The van der Waals surface area contributed by atoms with Crippen LogP contribution < -0.4 is 11.2 Å². The molecule has 0 spiro atoms. The lowest BCUT2D eigenvalue weighted by molar-refractivity contribution is 0.0788. The maximum atomic E-state index is 13.3. The van der Waals surface area contributed by atoms with E-state index >= 15 is 0 Å². The quantitative estimate of drug-likeness (QED) is 0.713. The second-order valence-corrected chi connectivity index (χ2v) is 8.14. The van der Waals surface area contributed by atoms with Gasteiger partial charge in [0.15, 0.2) is 5.65 Å². The molecule has 0 aliphatic rings. The summed E-state index contributed by atoms with van der Waals surface area (Å²) in [5.74, 6) is -0.227. The van der Waals surface area contributed by atoms with Crippen molar-refractivity contribution in [1.29, 1.82) is 0 Å². The highest BCUT2D eigenvalue weighted by Gasteiger charge is 2.22. The van der Waals surface area contributed by atoms with E-state index in [0.717, 1.165) is 10.4 Å². The van der Waals surface area contributed by atoms with Gasteiger partial charge in [0, 0.05) is 24.2 Å². The molecule has 7 nitrogen and oxygen atoms in total. The number of nitrogens with one attached hydrogen (secondary N) is 1. The summed E-state index contributed by atoms with van der Waals surface area (Å²) in [6.07, 6.45) is 0. The number of pyridine rings is 1. The van der Waals surface area contributed by atoms with E-state index in [1.54, 1.807) is 36.3 Å². The maximum Gasteiger partial charge on any atom is 0.329 e. The Kier molecular flexibility index (Phi) is 5.51. The summed E-state index contributed by atoms with van der Waals surface area (Å²) in [5, 5.41) is 2.15. The number of carbonyl (C=O) groups is 1. The van der Waals surface area contributed by atoms with Crippen LogP contribution >= 0.6 is 11.3 Å². The first-order valence-electron chi connectivity index (χ1n) is 9.20. The molecule has 0 unspecified atom stereocenters. The van der Waals surface area contributed by atoms with Gasteiger partial charge in [-0.05, 0) is 42.8 Å². The molecule has 0 saturated heterocycles. The second-order valence-electron chi connectivity index (χ2n) is 7.14. The average molecular weight is 401 g/mol. The number of nitrogens with zero attached hydrogens (tertiary/aromatic N) is 3. The van der Waals surface area contributed by atoms with Crippen molar-refractivity contribution < 1.29 is 4.79 Å². The Bertz CT molecular complexity index is 1160. The second kappa shape index (κ2) is 7.71. The molecule has 3 aromatic heterocycles. The molecule has 0 atom stereocenters. The van der Waals surface area contributed by atoms with Crippen molar-refractivity contribution >= 4 is 28.3 Å². The van der Waals surface area contributed by atoms with Crippen LogP contribution in [0.4, 0.5) is 0 Å². The van der Waals surface area contributed by atoms with Crippen LogP contribution in [0.1, 0.15) is 53.2 Å². The number of amides is 1. The van der Waals surface area contributed by atoms with Crippen LogP contribution in [-0.4, -0.2) is 32.4 Å². The Morgan fingerprint density at radius 3 is 2.64 bits per heavy atom. The summed E-state index contributed by atoms with van der Waals surface area (Å²) in [4.78, 5) is 47.6. The molecule has 3 heterocycles. The van der Waals surface area contributed by atoms with E-state index in [2.05, 4.69) is 9.97 Å². The minimum atomic E-state index is -0.587. The molecule has 3 aromatic rings. The Labute approximate surface area is 166 Å². The number of hydrogen-bond donors (Lipinski definition) is 1. The lowest BCUT2D eigenvalue weighted by Crippen LogP contribution is -2.33.